The molecule has 4 aliphatic rings. The Morgan fingerprint density at radius 3 is 2.02 bits per heavy atom. The molecule has 4 aliphatic carbocycles. The predicted molar refractivity (Wildman–Crippen MR) is 266 cm³/mol. The van der Waals surface area contributed by atoms with Crippen LogP contribution in [0.1, 0.15) is 189 Å². The van der Waals surface area contributed by atoms with E-state index in [9.17, 15) is 14.7 Å². The molecule has 2 amide bonds. The number of nitrogens with one attached hydrogen (secondary N) is 2. The zero-order valence-corrected chi connectivity index (χ0v) is 43.2. The van der Waals surface area contributed by atoms with E-state index in [1.165, 1.54) is 89.9 Å². The van der Waals surface area contributed by atoms with Crippen LogP contribution in [0.5, 0.6) is 0 Å². The molecule has 0 saturated heterocycles. The Hall–Kier alpha value is -1.76. The fourth-order valence-electron chi connectivity index (χ4n) is 12.5. The number of carbonyl (C=O) groups is 2. The lowest BCUT2D eigenvalue weighted by Gasteiger charge is -2.58. The highest BCUT2D eigenvalue weighted by Crippen LogP contribution is 2.67. The summed E-state index contributed by atoms with van der Waals surface area (Å²) in [7, 11) is 0. The van der Waals surface area contributed by atoms with E-state index in [4.69, 9.17) is 28.4 Å². The van der Waals surface area contributed by atoms with Crippen molar-refractivity contribution in [3.63, 3.8) is 0 Å². The summed E-state index contributed by atoms with van der Waals surface area (Å²) in [6, 6.07) is 0. The van der Waals surface area contributed by atoms with Gasteiger partial charge in [-0.3, -0.25) is 4.79 Å². The molecule has 384 valence electrons. The molecular formula is C55H100N2O9. The van der Waals surface area contributed by atoms with Gasteiger partial charge in [0.1, 0.15) is 6.10 Å². The molecule has 3 saturated carbocycles. The van der Waals surface area contributed by atoms with Gasteiger partial charge >= 0.3 is 6.09 Å². The first-order chi connectivity index (χ1) is 32.0. The topological polar surface area (TPSA) is 134 Å². The molecule has 0 spiro atoms. The van der Waals surface area contributed by atoms with E-state index in [2.05, 4.69) is 58.3 Å². The number of fused-ring (bicyclic) bond motifs is 5. The van der Waals surface area contributed by atoms with Crippen molar-refractivity contribution in [3.8, 4) is 0 Å². The van der Waals surface area contributed by atoms with Gasteiger partial charge in [0, 0.05) is 45.8 Å². The van der Waals surface area contributed by atoms with Crippen LogP contribution in [0.3, 0.4) is 0 Å². The lowest BCUT2D eigenvalue weighted by atomic mass is 9.47. The molecule has 3 N–H and O–H groups in total. The summed E-state index contributed by atoms with van der Waals surface area (Å²) >= 11 is 0. The van der Waals surface area contributed by atoms with Crippen molar-refractivity contribution in [2.45, 2.75) is 201 Å². The minimum Gasteiger partial charge on any atom is -0.446 e. The maximum absolute atomic E-state index is 12.8. The minimum absolute atomic E-state index is 0.0367. The van der Waals surface area contributed by atoms with Crippen LogP contribution in [0.4, 0.5) is 4.79 Å². The fraction of sp³-hybridized carbons (Fsp3) is 0.927. The monoisotopic (exact) mass is 933 g/mol. The van der Waals surface area contributed by atoms with Gasteiger partial charge in [-0.05, 0) is 117 Å². The molecule has 0 heterocycles. The van der Waals surface area contributed by atoms with Gasteiger partial charge in [-0.1, -0.05) is 117 Å². The van der Waals surface area contributed by atoms with Gasteiger partial charge in [0.2, 0.25) is 5.91 Å². The largest absolute Gasteiger partial charge is 0.446 e. The lowest BCUT2D eigenvalue weighted by Crippen LogP contribution is -2.51. The minimum atomic E-state index is -0.579. The van der Waals surface area contributed by atoms with Crippen LogP contribution in [0.15, 0.2) is 11.6 Å². The molecule has 4 unspecified atom stereocenters. The van der Waals surface area contributed by atoms with Crippen molar-refractivity contribution in [2.24, 2.45) is 46.3 Å². The number of amides is 2. The van der Waals surface area contributed by atoms with Crippen LogP contribution in [0.2, 0.25) is 0 Å². The van der Waals surface area contributed by atoms with Crippen molar-refractivity contribution < 1.29 is 43.1 Å². The van der Waals surface area contributed by atoms with Crippen LogP contribution in [0.25, 0.3) is 0 Å². The highest BCUT2D eigenvalue weighted by atomic mass is 16.6. The van der Waals surface area contributed by atoms with E-state index in [0.717, 1.165) is 80.5 Å². The highest BCUT2D eigenvalue weighted by molar-refractivity contribution is 5.75. The van der Waals surface area contributed by atoms with Crippen LogP contribution < -0.4 is 10.6 Å². The third kappa shape index (κ3) is 19.9. The Morgan fingerprint density at radius 1 is 0.682 bits per heavy atom. The van der Waals surface area contributed by atoms with E-state index < -0.39 is 6.10 Å². The molecule has 0 radical (unpaired) electrons. The van der Waals surface area contributed by atoms with Crippen molar-refractivity contribution in [1.29, 1.82) is 0 Å². The maximum Gasteiger partial charge on any atom is 0.407 e. The Morgan fingerprint density at radius 2 is 1.32 bits per heavy atom. The first kappa shape index (κ1) is 56.8. The number of rotatable bonds is 37. The molecule has 11 nitrogen and oxygen atoms in total. The summed E-state index contributed by atoms with van der Waals surface area (Å²) in [6.45, 7) is 20.5. The Bertz CT molecular complexity index is 1350. The molecule has 0 aromatic heterocycles. The molecule has 9 atom stereocenters. The number of allylic oxidation sites excluding steroid dienone is 1. The second-order valence-electron chi connectivity index (χ2n) is 21.7. The van der Waals surface area contributed by atoms with Gasteiger partial charge < -0.3 is 44.2 Å². The second-order valence-corrected chi connectivity index (χ2v) is 21.7. The quantitative estimate of drug-likeness (QED) is 0.0411. The van der Waals surface area contributed by atoms with E-state index in [1.807, 2.05) is 0 Å². The summed E-state index contributed by atoms with van der Waals surface area (Å²) < 4.78 is 34.0. The van der Waals surface area contributed by atoms with Gasteiger partial charge in [0.05, 0.1) is 52.4 Å². The van der Waals surface area contributed by atoms with E-state index in [1.54, 1.807) is 5.57 Å². The van der Waals surface area contributed by atoms with Crippen LogP contribution in [0, 0.1) is 46.3 Å². The van der Waals surface area contributed by atoms with Crippen LogP contribution in [-0.2, 0) is 33.2 Å². The van der Waals surface area contributed by atoms with E-state index >= 15 is 0 Å². The second kappa shape index (κ2) is 32.2. The molecule has 66 heavy (non-hydrogen) atoms. The molecular weight excluding hydrogens is 833 g/mol. The van der Waals surface area contributed by atoms with E-state index in [0.29, 0.717) is 90.8 Å². The number of aliphatic hydroxyl groups excluding tert-OH is 1. The average molecular weight is 933 g/mol. The Labute approximate surface area is 403 Å². The number of alkyl carbamates (subject to hydrolysis) is 1. The maximum atomic E-state index is 12.8. The number of carbonyl (C=O) groups excluding carboxylic acids is 2. The molecule has 11 heteroatoms. The summed E-state index contributed by atoms with van der Waals surface area (Å²) in [5.41, 5.74) is 2.32. The molecule has 3 fully saturated rings. The number of ether oxygens (including phenoxy) is 6. The van der Waals surface area contributed by atoms with Crippen molar-refractivity contribution in [2.75, 3.05) is 79.2 Å². The molecule has 0 aliphatic heterocycles. The third-order valence-corrected chi connectivity index (χ3v) is 16.3. The smallest absolute Gasteiger partial charge is 0.407 e. The number of hydrogen-bond acceptors (Lipinski definition) is 9. The van der Waals surface area contributed by atoms with Crippen LogP contribution >= 0.6 is 0 Å². The van der Waals surface area contributed by atoms with Gasteiger partial charge in [-0.2, -0.15) is 0 Å². The van der Waals surface area contributed by atoms with Gasteiger partial charge in [0.15, 0.2) is 0 Å². The number of unbranched alkanes of at least 4 members (excludes halogenated alkanes) is 7. The first-order valence-corrected chi connectivity index (χ1v) is 27.4. The summed E-state index contributed by atoms with van der Waals surface area (Å²) in [4.78, 5) is 24.7. The van der Waals surface area contributed by atoms with E-state index in [-0.39, 0.29) is 30.1 Å². The number of aliphatic hydroxyl groups is 1. The Balaban J connectivity index is 0.901. The summed E-state index contributed by atoms with van der Waals surface area (Å²) in [5.74, 6) is 5.11. The first-order valence-electron chi connectivity index (χ1n) is 27.4. The molecule has 0 bridgehead atoms. The number of hydrogen-bond donors (Lipinski definition) is 3. The standard InChI is InChI=1S/C55H100N2O9/c1-7-8-9-10-11-12-13-14-20-52(59)56-30-16-33-65-42-46(58)27-34-62-36-38-64-40-39-63-37-35-61-32-17-31-57-53(60)66-47-25-28-54(5)45(41-47)21-22-48-50-24-23-49(44(4)19-15-18-43(2)3)55(50,6)29-26-51(48)54/h21,43-44,46-51,58H,7-20,22-42H2,1-6H3,(H,56,59)(H,57,60)/t44-,46?,47+,48?,49-,50?,51?,54+,55-/m1/s1. The van der Waals surface area contributed by atoms with Crippen molar-refractivity contribution in [3.05, 3.63) is 11.6 Å². The van der Waals surface area contributed by atoms with Crippen LogP contribution in [-0.4, -0.2) is 108 Å². The zero-order valence-electron chi connectivity index (χ0n) is 43.2. The van der Waals surface area contributed by atoms with Crippen molar-refractivity contribution >= 4 is 12.0 Å². The summed E-state index contributed by atoms with van der Waals surface area (Å²) in [6.07, 6.45) is 28.0. The normalized spacial score (nSPS) is 26.8. The lowest BCUT2D eigenvalue weighted by molar-refractivity contribution is -0.121. The Kier molecular flexibility index (Phi) is 27.7. The summed E-state index contributed by atoms with van der Waals surface area (Å²) in [5, 5.41) is 16.0. The van der Waals surface area contributed by atoms with Gasteiger partial charge in [0.25, 0.3) is 0 Å². The molecule has 0 aromatic carbocycles. The highest BCUT2D eigenvalue weighted by Gasteiger charge is 2.59. The van der Waals surface area contributed by atoms with Gasteiger partial charge in [-0.15, -0.1) is 0 Å². The van der Waals surface area contributed by atoms with Crippen molar-refractivity contribution in [1.82, 2.24) is 10.6 Å². The average Bonchev–Trinajstić information content (AvgIpc) is 3.65. The third-order valence-electron chi connectivity index (χ3n) is 16.3. The predicted octanol–water partition coefficient (Wildman–Crippen LogP) is 11.4. The van der Waals surface area contributed by atoms with Gasteiger partial charge in [-0.25, -0.2) is 4.79 Å². The molecule has 4 rings (SSSR count). The fourth-order valence-corrected chi connectivity index (χ4v) is 12.5. The SMILES string of the molecule is CCCCCCCCCCC(=O)NCCCOCC(O)CCOCCOCCOCCOCCCNC(=O)O[C@H]1CC[C@@]2(C)C(=CCC3C2CC[C@@]2(C)C3CC[C@@H]2[C@H](C)CCCC(C)C)C1. The zero-order chi connectivity index (χ0) is 47.5. The molecule has 0 aromatic rings.